The van der Waals surface area contributed by atoms with Gasteiger partial charge in [-0.1, -0.05) is 13.3 Å². The Bertz CT molecular complexity index is 331. The van der Waals surface area contributed by atoms with Gasteiger partial charge in [-0.15, -0.1) is 11.6 Å². The molecule has 1 nitrogen and oxygen atoms in total. The lowest BCUT2D eigenvalue weighted by atomic mass is 10.0. The molecule has 0 fully saturated rings. The van der Waals surface area contributed by atoms with Crippen molar-refractivity contribution in [2.75, 3.05) is 12.4 Å². The van der Waals surface area contributed by atoms with Gasteiger partial charge in [0.25, 0.3) is 0 Å². The van der Waals surface area contributed by atoms with Crippen molar-refractivity contribution in [1.82, 2.24) is 5.32 Å². The quantitative estimate of drug-likeness (QED) is 0.705. The normalized spacial score (nSPS) is 12.7. The molecule has 0 saturated carbocycles. The number of hydrogen-bond donors (Lipinski definition) is 1. The molecule has 0 spiro atoms. The molecule has 0 aromatic heterocycles. The van der Waals surface area contributed by atoms with Crippen molar-refractivity contribution in [2.45, 2.75) is 32.7 Å². The van der Waals surface area contributed by atoms with Crippen molar-refractivity contribution in [3.63, 3.8) is 0 Å². The van der Waals surface area contributed by atoms with E-state index < -0.39 is 11.6 Å². The van der Waals surface area contributed by atoms with Crippen molar-refractivity contribution in [3.05, 3.63) is 35.4 Å². The maximum Gasteiger partial charge on any atom is 0.126 e. The number of halogens is 3. The number of alkyl halides is 1. The largest absolute Gasteiger partial charge is 0.312 e. The first-order chi connectivity index (χ1) is 8.65. The minimum absolute atomic E-state index is 0.483. The second-order valence-electron chi connectivity index (χ2n) is 4.54. The van der Waals surface area contributed by atoms with Crippen LogP contribution in [0.25, 0.3) is 0 Å². The molecule has 1 atom stereocenters. The van der Waals surface area contributed by atoms with E-state index in [4.69, 9.17) is 11.6 Å². The molecular formula is C14H20ClF2N. The van der Waals surface area contributed by atoms with Gasteiger partial charge in [-0.25, -0.2) is 8.78 Å². The number of nitrogens with one attached hydrogen (secondary N) is 1. The minimum Gasteiger partial charge on any atom is -0.312 e. The summed E-state index contributed by atoms with van der Waals surface area (Å²) in [4.78, 5) is 0. The van der Waals surface area contributed by atoms with E-state index in [0.717, 1.165) is 31.9 Å². The van der Waals surface area contributed by atoms with Crippen LogP contribution in [-0.2, 0) is 6.54 Å². The highest BCUT2D eigenvalue weighted by Crippen LogP contribution is 2.12. The van der Waals surface area contributed by atoms with E-state index in [1.165, 1.54) is 12.1 Å². The van der Waals surface area contributed by atoms with Gasteiger partial charge in [0, 0.05) is 18.5 Å². The lowest BCUT2D eigenvalue weighted by Gasteiger charge is -2.15. The van der Waals surface area contributed by atoms with Gasteiger partial charge >= 0.3 is 0 Å². The summed E-state index contributed by atoms with van der Waals surface area (Å²) in [6, 6.07) is 3.59. The monoisotopic (exact) mass is 275 g/mol. The molecule has 0 aliphatic heterocycles. The average molecular weight is 276 g/mol. The topological polar surface area (TPSA) is 12.0 Å². The average Bonchev–Trinajstić information content (AvgIpc) is 2.28. The van der Waals surface area contributed by atoms with Crippen molar-refractivity contribution in [1.29, 1.82) is 0 Å². The Hall–Kier alpha value is -0.670. The third kappa shape index (κ3) is 5.78. The summed E-state index contributed by atoms with van der Waals surface area (Å²) in [6.07, 6.45) is 3.22. The Morgan fingerprint density at radius 2 is 1.83 bits per heavy atom. The summed E-state index contributed by atoms with van der Waals surface area (Å²) >= 11 is 5.74. The predicted molar refractivity (Wildman–Crippen MR) is 71.8 cm³/mol. The summed E-state index contributed by atoms with van der Waals surface area (Å²) in [5, 5.41) is 3.23. The first kappa shape index (κ1) is 15.4. The lowest BCUT2D eigenvalue weighted by Crippen LogP contribution is -2.23. The van der Waals surface area contributed by atoms with Crippen LogP contribution < -0.4 is 5.32 Å². The molecule has 0 saturated heterocycles. The molecule has 4 heteroatoms. The molecule has 18 heavy (non-hydrogen) atoms. The summed E-state index contributed by atoms with van der Waals surface area (Å²) < 4.78 is 25.9. The molecule has 0 heterocycles. The zero-order valence-corrected chi connectivity index (χ0v) is 11.4. The van der Waals surface area contributed by atoms with E-state index in [9.17, 15) is 8.78 Å². The van der Waals surface area contributed by atoms with Crippen molar-refractivity contribution in [2.24, 2.45) is 5.92 Å². The van der Waals surface area contributed by atoms with Crippen molar-refractivity contribution >= 4 is 11.6 Å². The van der Waals surface area contributed by atoms with Crippen LogP contribution in [0.3, 0.4) is 0 Å². The third-order valence-electron chi connectivity index (χ3n) is 2.90. The number of benzene rings is 1. The molecule has 0 amide bonds. The maximum absolute atomic E-state index is 13.0. The zero-order valence-electron chi connectivity index (χ0n) is 10.7. The maximum atomic E-state index is 13.0. The molecule has 0 bridgehead atoms. The van der Waals surface area contributed by atoms with Gasteiger partial charge < -0.3 is 5.32 Å². The highest BCUT2D eigenvalue weighted by atomic mass is 35.5. The van der Waals surface area contributed by atoms with Crippen LogP contribution in [0, 0.1) is 17.6 Å². The molecule has 0 aliphatic carbocycles. The van der Waals surface area contributed by atoms with Crippen LogP contribution in [0.4, 0.5) is 8.78 Å². The predicted octanol–water partition coefficient (Wildman–Crippen LogP) is 4.10. The molecular weight excluding hydrogens is 256 g/mol. The van der Waals surface area contributed by atoms with Crippen LogP contribution >= 0.6 is 11.6 Å². The molecule has 0 radical (unpaired) electrons. The molecule has 1 aromatic carbocycles. The van der Waals surface area contributed by atoms with Crippen molar-refractivity contribution in [3.8, 4) is 0 Å². The summed E-state index contributed by atoms with van der Waals surface area (Å²) in [6.45, 7) is 3.46. The second kappa shape index (κ2) is 8.44. The Balaban J connectivity index is 2.39. The Kier molecular flexibility index (Phi) is 7.21. The highest BCUT2D eigenvalue weighted by Gasteiger charge is 2.07. The smallest absolute Gasteiger partial charge is 0.126 e. The SMILES string of the molecule is CCCC(CCCl)CNCc1cc(F)cc(F)c1. The third-order valence-corrected chi connectivity index (χ3v) is 3.12. The molecule has 0 aliphatic rings. The Labute approximate surface area is 113 Å². The standard InChI is InChI=1S/C14H20ClF2N/c1-2-3-11(4-5-15)9-18-10-12-6-13(16)8-14(17)7-12/h6-8,11,18H,2-5,9-10H2,1H3. The fourth-order valence-electron chi connectivity index (χ4n) is 2.04. The fraction of sp³-hybridized carbons (Fsp3) is 0.571. The van der Waals surface area contributed by atoms with Gasteiger partial charge in [0.05, 0.1) is 0 Å². The summed E-state index contributed by atoms with van der Waals surface area (Å²) in [5.74, 6) is 0.127. The number of rotatable bonds is 8. The minimum atomic E-state index is -0.530. The van der Waals surface area contributed by atoms with Gasteiger partial charge in [-0.3, -0.25) is 0 Å². The van der Waals surface area contributed by atoms with E-state index in [0.29, 0.717) is 23.9 Å². The van der Waals surface area contributed by atoms with Crippen LogP contribution in [0.2, 0.25) is 0 Å². The lowest BCUT2D eigenvalue weighted by molar-refractivity contribution is 0.430. The highest BCUT2D eigenvalue weighted by molar-refractivity contribution is 6.17. The summed E-state index contributed by atoms with van der Waals surface area (Å²) in [7, 11) is 0. The zero-order chi connectivity index (χ0) is 13.4. The van der Waals surface area contributed by atoms with E-state index in [1.54, 1.807) is 0 Å². The van der Waals surface area contributed by atoms with E-state index in [1.807, 2.05) is 0 Å². The fourth-order valence-corrected chi connectivity index (χ4v) is 2.35. The van der Waals surface area contributed by atoms with Crippen LogP contribution in [0.5, 0.6) is 0 Å². The van der Waals surface area contributed by atoms with E-state index in [2.05, 4.69) is 12.2 Å². The summed E-state index contributed by atoms with van der Waals surface area (Å²) in [5.41, 5.74) is 0.633. The van der Waals surface area contributed by atoms with Gasteiger partial charge in [0.1, 0.15) is 11.6 Å². The van der Waals surface area contributed by atoms with Crippen molar-refractivity contribution < 1.29 is 8.78 Å². The molecule has 1 N–H and O–H groups in total. The number of hydrogen-bond acceptors (Lipinski definition) is 1. The Morgan fingerprint density at radius 1 is 1.17 bits per heavy atom. The first-order valence-corrected chi connectivity index (χ1v) is 6.90. The second-order valence-corrected chi connectivity index (χ2v) is 4.92. The molecule has 102 valence electrons. The van der Waals surface area contributed by atoms with Gasteiger partial charge in [-0.05, 0) is 43.0 Å². The van der Waals surface area contributed by atoms with Crippen LogP contribution in [0.15, 0.2) is 18.2 Å². The molecule has 1 aromatic rings. The van der Waals surface area contributed by atoms with Crippen LogP contribution in [0.1, 0.15) is 31.7 Å². The van der Waals surface area contributed by atoms with E-state index in [-0.39, 0.29) is 0 Å². The first-order valence-electron chi connectivity index (χ1n) is 6.37. The molecule has 1 unspecified atom stereocenters. The molecule has 1 rings (SSSR count). The Morgan fingerprint density at radius 3 is 2.39 bits per heavy atom. The van der Waals surface area contributed by atoms with E-state index >= 15 is 0 Å². The van der Waals surface area contributed by atoms with Crippen LogP contribution in [-0.4, -0.2) is 12.4 Å². The van der Waals surface area contributed by atoms with Gasteiger partial charge in [0.15, 0.2) is 0 Å². The van der Waals surface area contributed by atoms with Gasteiger partial charge in [0.2, 0.25) is 0 Å². The van der Waals surface area contributed by atoms with Gasteiger partial charge in [-0.2, -0.15) is 0 Å².